The third-order valence-corrected chi connectivity index (χ3v) is 3.04. The lowest BCUT2D eigenvalue weighted by atomic mass is 9.98. The van der Waals surface area contributed by atoms with Crippen molar-refractivity contribution >= 4 is 11.8 Å². The van der Waals surface area contributed by atoms with Gasteiger partial charge in [0.25, 0.3) is 0 Å². The van der Waals surface area contributed by atoms with Gasteiger partial charge in [-0.3, -0.25) is 4.79 Å². The number of hydrogen-bond donors (Lipinski definition) is 0. The highest BCUT2D eigenvalue weighted by Crippen LogP contribution is 2.23. The Morgan fingerprint density at radius 1 is 1.56 bits per heavy atom. The van der Waals surface area contributed by atoms with Crippen molar-refractivity contribution in [2.45, 2.75) is 12.8 Å². The first-order chi connectivity index (χ1) is 8.76. The number of ether oxygens (including phenoxy) is 1. The number of aromatic nitrogens is 2. The third kappa shape index (κ3) is 2.40. The zero-order valence-corrected chi connectivity index (χ0v) is 10.2. The van der Waals surface area contributed by atoms with E-state index in [4.69, 9.17) is 10.00 Å². The molecule has 1 aromatic heterocycles. The van der Waals surface area contributed by atoms with Gasteiger partial charge in [0.1, 0.15) is 6.07 Å². The van der Waals surface area contributed by atoms with Gasteiger partial charge >= 0.3 is 5.97 Å². The van der Waals surface area contributed by atoms with Crippen LogP contribution in [0.2, 0.25) is 0 Å². The zero-order valence-electron chi connectivity index (χ0n) is 10.2. The lowest BCUT2D eigenvalue weighted by Gasteiger charge is -2.32. The van der Waals surface area contributed by atoms with E-state index in [2.05, 4.69) is 9.97 Å². The van der Waals surface area contributed by atoms with Crippen LogP contribution in [-0.4, -0.2) is 36.1 Å². The predicted molar refractivity (Wildman–Crippen MR) is 63.7 cm³/mol. The summed E-state index contributed by atoms with van der Waals surface area (Å²) in [5.41, 5.74) is 0.294. The zero-order chi connectivity index (χ0) is 13.0. The molecule has 0 saturated carbocycles. The molecule has 0 amide bonds. The molecular weight excluding hydrogens is 232 g/mol. The Morgan fingerprint density at radius 2 is 2.33 bits per heavy atom. The van der Waals surface area contributed by atoms with Crippen LogP contribution in [0.5, 0.6) is 0 Å². The first kappa shape index (κ1) is 12.3. The quantitative estimate of drug-likeness (QED) is 0.716. The molecule has 94 valence electrons. The van der Waals surface area contributed by atoms with Crippen molar-refractivity contribution in [2.75, 3.05) is 25.1 Å². The first-order valence-electron chi connectivity index (χ1n) is 5.80. The molecule has 1 aromatic rings. The summed E-state index contributed by atoms with van der Waals surface area (Å²) in [6.07, 6.45) is 4.73. The number of methoxy groups -OCH3 is 1. The number of esters is 1. The van der Waals surface area contributed by atoms with Gasteiger partial charge in [0.15, 0.2) is 11.5 Å². The third-order valence-electron chi connectivity index (χ3n) is 3.04. The van der Waals surface area contributed by atoms with E-state index in [1.54, 1.807) is 6.20 Å². The second-order valence-corrected chi connectivity index (χ2v) is 4.15. The number of carbonyl (C=O) groups excluding carboxylic acids is 1. The summed E-state index contributed by atoms with van der Waals surface area (Å²) >= 11 is 0. The van der Waals surface area contributed by atoms with Crippen LogP contribution in [-0.2, 0) is 9.53 Å². The number of piperidine rings is 1. The van der Waals surface area contributed by atoms with Crippen molar-refractivity contribution in [3.05, 3.63) is 18.1 Å². The molecule has 1 unspecified atom stereocenters. The lowest BCUT2D eigenvalue weighted by molar-refractivity contribution is -0.145. The molecule has 0 aliphatic carbocycles. The van der Waals surface area contributed by atoms with Gasteiger partial charge in [-0.2, -0.15) is 5.26 Å². The fourth-order valence-electron chi connectivity index (χ4n) is 2.17. The van der Waals surface area contributed by atoms with Gasteiger partial charge in [-0.1, -0.05) is 0 Å². The minimum atomic E-state index is -0.206. The number of carbonyl (C=O) groups is 1. The molecule has 1 atom stereocenters. The molecular formula is C12H14N4O2. The summed E-state index contributed by atoms with van der Waals surface area (Å²) in [7, 11) is 1.39. The fourth-order valence-corrected chi connectivity index (χ4v) is 2.17. The molecule has 0 spiro atoms. The highest BCUT2D eigenvalue weighted by molar-refractivity contribution is 5.73. The summed E-state index contributed by atoms with van der Waals surface area (Å²) in [6.45, 7) is 1.31. The molecule has 0 N–H and O–H groups in total. The monoisotopic (exact) mass is 246 g/mol. The van der Waals surface area contributed by atoms with Crippen molar-refractivity contribution in [3.63, 3.8) is 0 Å². The molecule has 6 heteroatoms. The summed E-state index contributed by atoms with van der Waals surface area (Å²) < 4.78 is 4.76. The Hall–Kier alpha value is -2.16. The number of nitriles is 1. The fraction of sp³-hybridized carbons (Fsp3) is 0.500. The van der Waals surface area contributed by atoms with Crippen LogP contribution in [0.25, 0.3) is 0 Å². The van der Waals surface area contributed by atoms with Crippen LogP contribution in [0.3, 0.4) is 0 Å². The molecule has 0 aromatic carbocycles. The SMILES string of the molecule is COC(=O)C1CCCN(c2nccnc2C#N)C1. The Balaban J connectivity index is 2.18. The maximum Gasteiger partial charge on any atom is 0.310 e. The van der Waals surface area contributed by atoms with Crippen LogP contribution in [0.15, 0.2) is 12.4 Å². The first-order valence-corrected chi connectivity index (χ1v) is 5.80. The molecule has 1 aliphatic heterocycles. The van der Waals surface area contributed by atoms with E-state index in [9.17, 15) is 4.79 Å². The van der Waals surface area contributed by atoms with E-state index < -0.39 is 0 Å². The van der Waals surface area contributed by atoms with Crippen LogP contribution < -0.4 is 4.90 Å². The summed E-state index contributed by atoms with van der Waals surface area (Å²) in [5, 5.41) is 9.00. The van der Waals surface area contributed by atoms with E-state index in [1.165, 1.54) is 13.3 Å². The maximum atomic E-state index is 11.5. The number of hydrogen-bond acceptors (Lipinski definition) is 6. The van der Waals surface area contributed by atoms with Gasteiger partial charge in [-0.05, 0) is 12.8 Å². The van der Waals surface area contributed by atoms with Gasteiger partial charge in [-0.15, -0.1) is 0 Å². The maximum absolute atomic E-state index is 11.5. The van der Waals surface area contributed by atoms with Crippen LogP contribution in [0.4, 0.5) is 5.82 Å². The van der Waals surface area contributed by atoms with Gasteiger partial charge in [0, 0.05) is 25.5 Å². The van der Waals surface area contributed by atoms with Gasteiger partial charge in [-0.25, -0.2) is 9.97 Å². The topological polar surface area (TPSA) is 79.1 Å². The molecule has 2 rings (SSSR count). The molecule has 1 aliphatic rings. The van der Waals surface area contributed by atoms with E-state index >= 15 is 0 Å². The predicted octanol–water partition coefficient (Wildman–Crippen LogP) is 0.738. The van der Waals surface area contributed by atoms with Crippen molar-refractivity contribution < 1.29 is 9.53 Å². The number of nitrogens with zero attached hydrogens (tertiary/aromatic N) is 4. The van der Waals surface area contributed by atoms with Crippen LogP contribution in [0.1, 0.15) is 18.5 Å². The normalized spacial score (nSPS) is 19.1. The number of anilines is 1. The molecule has 1 saturated heterocycles. The van der Waals surface area contributed by atoms with Crippen molar-refractivity contribution in [1.82, 2.24) is 9.97 Å². The van der Waals surface area contributed by atoms with Gasteiger partial charge in [0.2, 0.25) is 0 Å². The van der Waals surface area contributed by atoms with E-state index in [1.807, 2.05) is 11.0 Å². The molecule has 1 fully saturated rings. The molecule has 18 heavy (non-hydrogen) atoms. The average molecular weight is 246 g/mol. The van der Waals surface area contributed by atoms with Crippen molar-refractivity contribution in [1.29, 1.82) is 5.26 Å². The Kier molecular flexibility index (Phi) is 3.72. The minimum absolute atomic E-state index is 0.155. The second kappa shape index (κ2) is 5.45. The smallest absolute Gasteiger partial charge is 0.310 e. The second-order valence-electron chi connectivity index (χ2n) is 4.15. The Labute approximate surface area is 105 Å². The standard InChI is InChI=1S/C12H14N4O2/c1-18-12(17)9-3-2-6-16(8-9)11-10(7-13)14-4-5-15-11/h4-5,9H,2-3,6,8H2,1H3. The largest absolute Gasteiger partial charge is 0.469 e. The minimum Gasteiger partial charge on any atom is -0.469 e. The highest BCUT2D eigenvalue weighted by atomic mass is 16.5. The lowest BCUT2D eigenvalue weighted by Crippen LogP contribution is -2.40. The van der Waals surface area contributed by atoms with Crippen molar-refractivity contribution in [3.8, 4) is 6.07 Å². The van der Waals surface area contributed by atoms with E-state index in [0.717, 1.165) is 19.4 Å². The van der Waals surface area contributed by atoms with E-state index in [0.29, 0.717) is 18.1 Å². The molecule has 0 bridgehead atoms. The highest BCUT2D eigenvalue weighted by Gasteiger charge is 2.28. The van der Waals surface area contributed by atoms with Gasteiger partial charge in [0.05, 0.1) is 13.0 Å². The van der Waals surface area contributed by atoms with Crippen LogP contribution >= 0.6 is 0 Å². The van der Waals surface area contributed by atoms with Crippen LogP contribution in [0, 0.1) is 17.2 Å². The molecule has 2 heterocycles. The summed E-state index contributed by atoms with van der Waals surface area (Å²) in [5.74, 6) is 0.188. The van der Waals surface area contributed by atoms with Crippen molar-refractivity contribution in [2.24, 2.45) is 5.92 Å². The average Bonchev–Trinajstić information content (AvgIpc) is 2.46. The Morgan fingerprint density at radius 3 is 3.06 bits per heavy atom. The molecule has 6 nitrogen and oxygen atoms in total. The Bertz CT molecular complexity index is 483. The van der Waals surface area contributed by atoms with Gasteiger partial charge < -0.3 is 9.64 Å². The van der Waals surface area contributed by atoms with E-state index in [-0.39, 0.29) is 11.9 Å². The summed E-state index contributed by atoms with van der Waals surface area (Å²) in [6, 6.07) is 2.02. The number of rotatable bonds is 2. The molecule has 0 radical (unpaired) electrons. The summed E-state index contributed by atoms with van der Waals surface area (Å²) in [4.78, 5) is 21.6.